The van der Waals surface area contributed by atoms with Crippen molar-refractivity contribution in [3.05, 3.63) is 28.6 Å². The van der Waals surface area contributed by atoms with Gasteiger partial charge in [0.15, 0.2) is 5.82 Å². The minimum Gasteiger partial charge on any atom is -0.378 e. The molecule has 4 heterocycles. The molecule has 1 N–H and O–H groups in total. The molecule has 26 heavy (non-hydrogen) atoms. The van der Waals surface area contributed by atoms with Crippen LogP contribution in [0.15, 0.2) is 23.0 Å². The minimum absolute atomic E-state index is 0.160. The molecule has 0 aromatic carbocycles. The zero-order valence-corrected chi connectivity index (χ0v) is 14.9. The van der Waals surface area contributed by atoms with Crippen molar-refractivity contribution in [2.45, 2.75) is 25.7 Å². The van der Waals surface area contributed by atoms with Gasteiger partial charge in [-0.15, -0.1) is 0 Å². The summed E-state index contributed by atoms with van der Waals surface area (Å²) in [6.45, 7) is 4.77. The van der Waals surface area contributed by atoms with Crippen LogP contribution >= 0.6 is 0 Å². The molecular weight excluding hydrogens is 332 g/mol. The van der Waals surface area contributed by atoms with Crippen LogP contribution in [0.5, 0.6) is 0 Å². The highest BCUT2D eigenvalue weighted by Gasteiger charge is 2.20. The van der Waals surface area contributed by atoms with Crippen LogP contribution in [0.4, 0.5) is 11.9 Å². The van der Waals surface area contributed by atoms with Gasteiger partial charge < -0.3 is 19.5 Å². The van der Waals surface area contributed by atoms with E-state index >= 15 is 0 Å². The lowest BCUT2D eigenvalue weighted by atomic mass is 10.2. The highest BCUT2D eigenvalue weighted by atomic mass is 16.5. The molecule has 2 saturated heterocycles. The first-order chi connectivity index (χ1) is 12.8. The number of hydrogen-bond donors (Lipinski definition) is 1. The summed E-state index contributed by atoms with van der Waals surface area (Å²) in [5.74, 6) is 1.86. The molecule has 0 aliphatic carbocycles. The normalized spacial score (nSPS) is 18.6. The van der Waals surface area contributed by atoms with Crippen LogP contribution in [0.3, 0.4) is 0 Å². The van der Waals surface area contributed by atoms with E-state index < -0.39 is 0 Å². The van der Waals surface area contributed by atoms with E-state index in [1.165, 1.54) is 18.9 Å². The van der Waals surface area contributed by atoms with Gasteiger partial charge in [0, 0.05) is 32.2 Å². The van der Waals surface area contributed by atoms with Crippen molar-refractivity contribution in [2.75, 3.05) is 49.2 Å². The topological polar surface area (TPSA) is 87.2 Å². The molecule has 0 unspecified atom stereocenters. The summed E-state index contributed by atoms with van der Waals surface area (Å²) in [5, 5.41) is 0. The average molecular weight is 356 g/mol. The number of H-pyrrole nitrogens is 1. The van der Waals surface area contributed by atoms with Crippen molar-refractivity contribution in [2.24, 2.45) is 0 Å². The Labute approximate surface area is 152 Å². The number of aromatic amines is 1. The summed E-state index contributed by atoms with van der Waals surface area (Å²) in [5.41, 5.74) is 0.456. The van der Waals surface area contributed by atoms with Crippen LogP contribution in [-0.4, -0.2) is 59.3 Å². The van der Waals surface area contributed by atoms with E-state index in [2.05, 4.69) is 24.8 Å². The molecule has 2 aliphatic rings. The summed E-state index contributed by atoms with van der Waals surface area (Å²) < 4.78 is 5.44. The predicted octanol–water partition coefficient (Wildman–Crippen LogP) is 1.44. The van der Waals surface area contributed by atoms with E-state index in [1.807, 2.05) is 6.07 Å². The van der Waals surface area contributed by atoms with Gasteiger partial charge >= 0.3 is 0 Å². The van der Waals surface area contributed by atoms with E-state index in [0.29, 0.717) is 36.6 Å². The number of ether oxygens (including phenoxy) is 1. The third kappa shape index (κ3) is 3.85. The number of anilines is 2. The van der Waals surface area contributed by atoms with Crippen LogP contribution in [-0.2, 0) is 4.74 Å². The van der Waals surface area contributed by atoms with Gasteiger partial charge in [-0.05, 0) is 18.9 Å². The van der Waals surface area contributed by atoms with Crippen molar-refractivity contribution < 1.29 is 4.74 Å². The Morgan fingerprint density at radius 2 is 1.50 bits per heavy atom. The summed E-state index contributed by atoms with van der Waals surface area (Å²) in [6.07, 6.45) is 4.79. The first-order valence-electron chi connectivity index (χ1n) is 9.33. The van der Waals surface area contributed by atoms with E-state index in [9.17, 15) is 4.79 Å². The summed E-state index contributed by atoms with van der Waals surface area (Å²) >= 11 is 0. The number of hydrogen-bond acceptors (Lipinski definition) is 7. The Morgan fingerprint density at radius 1 is 0.846 bits per heavy atom. The van der Waals surface area contributed by atoms with Gasteiger partial charge in [-0.3, -0.25) is 4.79 Å². The van der Waals surface area contributed by atoms with Crippen molar-refractivity contribution in [1.29, 1.82) is 0 Å². The van der Waals surface area contributed by atoms with Crippen molar-refractivity contribution >= 4 is 11.9 Å². The van der Waals surface area contributed by atoms with Crippen LogP contribution < -0.4 is 15.4 Å². The molecule has 4 rings (SSSR count). The summed E-state index contributed by atoms with van der Waals surface area (Å²) in [4.78, 5) is 33.0. The van der Waals surface area contributed by atoms with Gasteiger partial charge in [0.05, 0.1) is 18.9 Å². The lowest BCUT2D eigenvalue weighted by molar-refractivity contribution is 0.122. The molecule has 0 atom stereocenters. The number of pyridine rings is 1. The second-order valence-corrected chi connectivity index (χ2v) is 6.69. The van der Waals surface area contributed by atoms with Gasteiger partial charge in [-0.2, -0.15) is 15.0 Å². The number of aromatic nitrogens is 4. The molecule has 0 saturated carbocycles. The Bertz CT molecular complexity index is 794. The van der Waals surface area contributed by atoms with Crippen LogP contribution in [0.25, 0.3) is 11.5 Å². The van der Waals surface area contributed by atoms with Crippen molar-refractivity contribution in [3.63, 3.8) is 0 Å². The van der Waals surface area contributed by atoms with Gasteiger partial charge in [0.25, 0.3) is 0 Å². The minimum atomic E-state index is -0.160. The Kier molecular flexibility index (Phi) is 5.10. The smallest absolute Gasteiger partial charge is 0.248 e. The maximum atomic E-state index is 11.7. The Morgan fingerprint density at radius 3 is 2.15 bits per heavy atom. The van der Waals surface area contributed by atoms with Crippen molar-refractivity contribution in [3.8, 4) is 11.5 Å². The van der Waals surface area contributed by atoms with Gasteiger partial charge in [0.2, 0.25) is 17.5 Å². The molecule has 0 bridgehead atoms. The highest BCUT2D eigenvalue weighted by molar-refractivity contribution is 5.54. The van der Waals surface area contributed by atoms with Crippen LogP contribution in [0.2, 0.25) is 0 Å². The Hall–Kier alpha value is -2.48. The molecule has 0 amide bonds. The molecule has 0 radical (unpaired) electrons. The molecule has 0 spiro atoms. The van der Waals surface area contributed by atoms with Gasteiger partial charge in [-0.1, -0.05) is 18.9 Å². The quantitative estimate of drug-likeness (QED) is 0.890. The third-order valence-corrected chi connectivity index (χ3v) is 4.80. The summed E-state index contributed by atoms with van der Waals surface area (Å²) in [6, 6.07) is 5.04. The fourth-order valence-electron chi connectivity index (χ4n) is 3.37. The monoisotopic (exact) mass is 356 g/mol. The second kappa shape index (κ2) is 7.82. The maximum absolute atomic E-state index is 11.7. The molecule has 2 aliphatic heterocycles. The maximum Gasteiger partial charge on any atom is 0.248 e. The van der Waals surface area contributed by atoms with E-state index in [4.69, 9.17) is 9.72 Å². The molecule has 8 nitrogen and oxygen atoms in total. The van der Waals surface area contributed by atoms with Crippen molar-refractivity contribution in [1.82, 2.24) is 19.9 Å². The predicted molar refractivity (Wildman–Crippen MR) is 99.6 cm³/mol. The van der Waals surface area contributed by atoms with Gasteiger partial charge in [-0.25, -0.2) is 0 Å². The first kappa shape index (κ1) is 17.0. The Balaban J connectivity index is 1.74. The number of nitrogens with zero attached hydrogens (tertiary/aromatic N) is 5. The molecule has 138 valence electrons. The average Bonchev–Trinajstić information content (AvgIpc) is 2.98. The molecule has 8 heteroatoms. The van der Waals surface area contributed by atoms with Gasteiger partial charge in [0.1, 0.15) is 0 Å². The third-order valence-electron chi connectivity index (χ3n) is 4.80. The first-order valence-corrected chi connectivity index (χ1v) is 9.33. The zero-order valence-electron chi connectivity index (χ0n) is 14.9. The van der Waals surface area contributed by atoms with Crippen LogP contribution in [0, 0.1) is 0 Å². The fraction of sp³-hybridized carbons (Fsp3) is 0.556. The fourth-order valence-corrected chi connectivity index (χ4v) is 3.37. The largest absolute Gasteiger partial charge is 0.378 e. The molecular formula is C18H24N6O2. The van der Waals surface area contributed by atoms with E-state index in [0.717, 1.165) is 39.0 Å². The lowest BCUT2D eigenvalue weighted by Crippen LogP contribution is -2.38. The summed E-state index contributed by atoms with van der Waals surface area (Å²) in [7, 11) is 0. The standard InChI is InChI=1S/C18H24N6O2/c25-15-7-5-6-14(19-15)16-20-17(23-8-3-1-2-4-9-23)22-18(21-16)24-10-12-26-13-11-24/h5-7H,1-4,8-13H2,(H,19,25). The molecule has 2 aromatic rings. The van der Waals surface area contributed by atoms with Crippen LogP contribution in [0.1, 0.15) is 25.7 Å². The zero-order chi connectivity index (χ0) is 17.8. The molecule has 2 aromatic heterocycles. The van der Waals surface area contributed by atoms with E-state index in [-0.39, 0.29) is 5.56 Å². The number of rotatable bonds is 3. The lowest BCUT2D eigenvalue weighted by Gasteiger charge is -2.28. The SMILES string of the molecule is O=c1cccc(-c2nc(N3CCCCCC3)nc(N3CCOCC3)n2)[nH]1. The van der Waals surface area contributed by atoms with E-state index in [1.54, 1.807) is 6.07 Å². The number of nitrogens with one attached hydrogen (secondary N) is 1. The molecule has 2 fully saturated rings. The number of morpholine rings is 1. The second-order valence-electron chi connectivity index (χ2n) is 6.69. The highest BCUT2D eigenvalue weighted by Crippen LogP contribution is 2.22.